The molecular weight excluding hydrogens is 370 g/mol. The summed E-state index contributed by atoms with van der Waals surface area (Å²) in [6.45, 7) is 0.961. The maximum atomic E-state index is 12.3. The molecule has 3 aromatic rings. The molecule has 1 aliphatic rings. The van der Waals surface area contributed by atoms with Crippen molar-refractivity contribution in [3.8, 4) is 0 Å². The minimum Gasteiger partial charge on any atom is -0.362 e. The van der Waals surface area contributed by atoms with Crippen LogP contribution in [0.15, 0.2) is 53.3 Å². The van der Waals surface area contributed by atoms with E-state index in [9.17, 15) is 14.4 Å². The van der Waals surface area contributed by atoms with Gasteiger partial charge in [0.15, 0.2) is 0 Å². The third-order valence-corrected chi connectivity index (χ3v) is 4.99. The van der Waals surface area contributed by atoms with Crippen molar-refractivity contribution in [1.82, 2.24) is 21.0 Å². The number of nitrogens with zero attached hydrogens (tertiary/aromatic N) is 2. The van der Waals surface area contributed by atoms with Crippen LogP contribution >= 0.6 is 0 Å². The van der Waals surface area contributed by atoms with E-state index >= 15 is 0 Å². The summed E-state index contributed by atoms with van der Waals surface area (Å²) in [5.74, 6) is -0.712. The SMILES string of the molecule is O=C(Cc1n[nH]c(=O)c2ccccc12)NNC(=O)CN1CCCc2ccccc21. The van der Waals surface area contributed by atoms with Gasteiger partial charge in [-0.3, -0.25) is 25.2 Å². The Hall–Kier alpha value is -3.68. The Balaban J connectivity index is 1.36. The van der Waals surface area contributed by atoms with Crippen LogP contribution in [0, 0.1) is 0 Å². The molecule has 3 N–H and O–H groups in total. The van der Waals surface area contributed by atoms with Crippen LogP contribution < -0.4 is 21.3 Å². The third-order valence-electron chi connectivity index (χ3n) is 4.99. The van der Waals surface area contributed by atoms with Crippen LogP contribution in [-0.4, -0.2) is 35.1 Å². The minimum atomic E-state index is -0.415. The minimum absolute atomic E-state index is 0.0654. The molecule has 0 bridgehead atoms. The van der Waals surface area contributed by atoms with Gasteiger partial charge in [0.2, 0.25) is 5.91 Å². The fraction of sp³-hybridized carbons (Fsp3) is 0.238. The lowest BCUT2D eigenvalue weighted by Crippen LogP contribution is -2.47. The van der Waals surface area contributed by atoms with Crippen molar-refractivity contribution < 1.29 is 9.59 Å². The van der Waals surface area contributed by atoms with E-state index in [0.717, 1.165) is 25.1 Å². The van der Waals surface area contributed by atoms with Crippen molar-refractivity contribution in [2.75, 3.05) is 18.0 Å². The highest BCUT2D eigenvalue weighted by Gasteiger charge is 2.19. The first-order chi connectivity index (χ1) is 14.1. The number of aryl methyl sites for hydroxylation is 1. The Morgan fingerprint density at radius 1 is 1.00 bits per heavy atom. The van der Waals surface area contributed by atoms with Crippen molar-refractivity contribution in [2.24, 2.45) is 0 Å². The number of hydrazine groups is 1. The van der Waals surface area contributed by atoms with Gasteiger partial charge in [-0.1, -0.05) is 36.4 Å². The van der Waals surface area contributed by atoms with Gasteiger partial charge < -0.3 is 4.90 Å². The fourth-order valence-electron chi connectivity index (χ4n) is 3.63. The zero-order chi connectivity index (χ0) is 20.2. The second kappa shape index (κ2) is 8.14. The predicted molar refractivity (Wildman–Crippen MR) is 109 cm³/mol. The maximum absolute atomic E-state index is 12.3. The van der Waals surface area contributed by atoms with Gasteiger partial charge in [-0.15, -0.1) is 0 Å². The first-order valence-corrected chi connectivity index (χ1v) is 9.48. The Bertz CT molecular complexity index is 1120. The number of carbonyl (C=O) groups excluding carboxylic acids is 2. The van der Waals surface area contributed by atoms with Crippen molar-refractivity contribution >= 4 is 28.3 Å². The molecule has 1 aromatic heterocycles. The maximum Gasteiger partial charge on any atom is 0.272 e. The van der Waals surface area contributed by atoms with E-state index in [2.05, 4.69) is 27.1 Å². The lowest BCUT2D eigenvalue weighted by Gasteiger charge is -2.30. The highest BCUT2D eigenvalue weighted by molar-refractivity contribution is 5.89. The average molecular weight is 391 g/mol. The summed E-state index contributed by atoms with van der Waals surface area (Å²) in [4.78, 5) is 38.4. The molecule has 8 heteroatoms. The smallest absolute Gasteiger partial charge is 0.272 e. The van der Waals surface area contributed by atoms with Gasteiger partial charge in [-0.05, 0) is 30.5 Å². The molecule has 0 radical (unpaired) electrons. The summed E-state index contributed by atoms with van der Waals surface area (Å²) in [6.07, 6.45) is 1.93. The average Bonchev–Trinajstić information content (AvgIpc) is 2.75. The second-order valence-electron chi connectivity index (χ2n) is 6.97. The number of para-hydroxylation sites is 1. The largest absolute Gasteiger partial charge is 0.362 e. The number of amides is 2. The summed E-state index contributed by atoms with van der Waals surface area (Å²) < 4.78 is 0. The van der Waals surface area contributed by atoms with E-state index in [4.69, 9.17) is 0 Å². The number of H-pyrrole nitrogens is 1. The molecule has 8 nitrogen and oxygen atoms in total. The number of benzene rings is 2. The number of fused-ring (bicyclic) bond motifs is 2. The number of aromatic amines is 1. The van der Waals surface area contributed by atoms with E-state index in [-0.39, 0.29) is 24.4 Å². The predicted octanol–water partition coefficient (Wildman–Crippen LogP) is 1.07. The monoisotopic (exact) mass is 391 g/mol. The fourth-order valence-corrected chi connectivity index (χ4v) is 3.63. The van der Waals surface area contributed by atoms with Gasteiger partial charge in [-0.2, -0.15) is 5.10 Å². The van der Waals surface area contributed by atoms with Gasteiger partial charge in [0, 0.05) is 17.6 Å². The molecule has 0 aliphatic carbocycles. The zero-order valence-electron chi connectivity index (χ0n) is 15.8. The van der Waals surface area contributed by atoms with Crippen molar-refractivity contribution in [1.29, 1.82) is 0 Å². The van der Waals surface area contributed by atoms with Crippen molar-refractivity contribution in [3.63, 3.8) is 0 Å². The number of nitrogens with one attached hydrogen (secondary N) is 3. The summed E-state index contributed by atoms with van der Waals surface area (Å²) in [7, 11) is 0. The highest BCUT2D eigenvalue weighted by atomic mass is 16.2. The van der Waals surface area contributed by atoms with E-state index < -0.39 is 5.91 Å². The van der Waals surface area contributed by atoms with Gasteiger partial charge in [0.25, 0.3) is 11.5 Å². The van der Waals surface area contributed by atoms with Crippen LogP contribution in [0.1, 0.15) is 17.7 Å². The number of anilines is 1. The Labute approximate surface area is 166 Å². The van der Waals surface area contributed by atoms with E-state index in [1.807, 2.05) is 23.1 Å². The van der Waals surface area contributed by atoms with Crippen molar-refractivity contribution in [2.45, 2.75) is 19.3 Å². The van der Waals surface area contributed by atoms with Crippen LogP contribution in [0.3, 0.4) is 0 Å². The van der Waals surface area contributed by atoms with Crippen LogP contribution in [-0.2, 0) is 22.4 Å². The molecule has 0 unspecified atom stereocenters. The topological polar surface area (TPSA) is 107 Å². The molecule has 2 aromatic carbocycles. The highest BCUT2D eigenvalue weighted by Crippen LogP contribution is 2.26. The zero-order valence-corrected chi connectivity index (χ0v) is 15.8. The lowest BCUT2D eigenvalue weighted by atomic mass is 10.0. The van der Waals surface area contributed by atoms with Crippen LogP contribution in [0.2, 0.25) is 0 Å². The first-order valence-electron chi connectivity index (χ1n) is 9.48. The molecule has 0 saturated carbocycles. The van der Waals surface area contributed by atoms with Crippen LogP contribution in [0.5, 0.6) is 0 Å². The molecule has 1 aliphatic heterocycles. The Morgan fingerprint density at radius 2 is 1.72 bits per heavy atom. The quantitative estimate of drug-likeness (QED) is 0.577. The lowest BCUT2D eigenvalue weighted by molar-refractivity contribution is -0.127. The van der Waals surface area contributed by atoms with Crippen LogP contribution in [0.25, 0.3) is 10.8 Å². The second-order valence-corrected chi connectivity index (χ2v) is 6.97. The molecule has 2 heterocycles. The molecular formula is C21H21N5O3. The molecule has 0 fully saturated rings. The van der Waals surface area contributed by atoms with Gasteiger partial charge in [-0.25, -0.2) is 5.10 Å². The number of hydrogen-bond donors (Lipinski definition) is 3. The first kappa shape index (κ1) is 18.7. The number of carbonyl (C=O) groups is 2. The summed E-state index contributed by atoms with van der Waals surface area (Å²) in [5, 5.41) is 7.45. The molecule has 29 heavy (non-hydrogen) atoms. The number of aromatic nitrogens is 2. The molecule has 4 rings (SSSR count). The van der Waals surface area contributed by atoms with E-state index in [0.29, 0.717) is 16.5 Å². The molecule has 148 valence electrons. The summed E-state index contributed by atoms with van der Waals surface area (Å²) in [5.41, 5.74) is 7.31. The van der Waals surface area contributed by atoms with E-state index in [1.165, 1.54) is 5.56 Å². The molecule has 0 spiro atoms. The van der Waals surface area contributed by atoms with Gasteiger partial charge in [0.05, 0.1) is 24.0 Å². The summed E-state index contributed by atoms with van der Waals surface area (Å²) >= 11 is 0. The molecule has 2 amide bonds. The number of hydrogen-bond acceptors (Lipinski definition) is 5. The third kappa shape index (κ3) is 4.11. The Morgan fingerprint density at radius 3 is 2.59 bits per heavy atom. The number of rotatable bonds is 4. The summed E-state index contributed by atoms with van der Waals surface area (Å²) in [6, 6.07) is 15.0. The molecule has 0 atom stereocenters. The molecule has 0 saturated heterocycles. The Kier molecular flexibility index (Phi) is 5.24. The van der Waals surface area contributed by atoms with Gasteiger partial charge in [0.1, 0.15) is 0 Å². The standard InChI is InChI=1S/C21H21N5O3/c27-19(12-17-15-8-2-3-9-16(15)21(29)25-22-17)23-24-20(28)13-26-11-5-7-14-6-1-4-10-18(14)26/h1-4,6,8-10H,5,7,11-13H2,(H,23,27)(H,24,28)(H,25,29). The van der Waals surface area contributed by atoms with Crippen LogP contribution in [0.4, 0.5) is 5.69 Å². The normalized spacial score (nSPS) is 13.0. The van der Waals surface area contributed by atoms with E-state index in [1.54, 1.807) is 24.3 Å². The van der Waals surface area contributed by atoms with Gasteiger partial charge >= 0.3 is 0 Å². The van der Waals surface area contributed by atoms with Crippen molar-refractivity contribution in [3.05, 3.63) is 70.1 Å².